The summed E-state index contributed by atoms with van der Waals surface area (Å²) in [7, 11) is 5.03. The van der Waals surface area contributed by atoms with E-state index in [0.29, 0.717) is 0 Å². The lowest BCUT2D eigenvalue weighted by Gasteiger charge is -2.30. The molecule has 5 heteroatoms. The van der Waals surface area contributed by atoms with Crippen molar-refractivity contribution >= 4 is 16.9 Å². The third-order valence-electron chi connectivity index (χ3n) is 4.00. The highest BCUT2D eigenvalue weighted by Gasteiger charge is 2.34. The third kappa shape index (κ3) is 1.86. The lowest BCUT2D eigenvalue weighted by Crippen LogP contribution is -2.37. The number of ether oxygens (including phenoxy) is 2. The lowest BCUT2D eigenvalue weighted by molar-refractivity contribution is -0.147. The average Bonchev–Trinajstić information content (AvgIpc) is 2.83. The minimum Gasteiger partial charge on any atom is -0.497 e. The zero-order valence-corrected chi connectivity index (χ0v) is 11.9. The molecule has 1 aromatic carbocycles. The maximum absolute atomic E-state index is 12.0. The fourth-order valence-corrected chi connectivity index (χ4v) is 2.92. The van der Waals surface area contributed by atoms with Crippen LogP contribution in [0.4, 0.5) is 0 Å². The summed E-state index contributed by atoms with van der Waals surface area (Å²) in [6, 6.07) is 5.56. The van der Waals surface area contributed by atoms with Gasteiger partial charge < -0.3 is 14.5 Å². The van der Waals surface area contributed by atoms with Crippen molar-refractivity contribution in [1.82, 2.24) is 9.88 Å². The molecule has 0 bridgehead atoms. The van der Waals surface area contributed by atoms with E-state index in [1.54, 1.807) is 7.11 Å². The molecule has 1 aromatic heterocycles. The van der Waals surface area contributed by atoms with E-state index in [-0.39, 0.29) is 12.0 Å². The Balaban J connectivity index is 2.17. The van der Waals surface area contributed by atoms with Gasteiger partial charge in [-0.3, -0.25) is 4.90 Å². The summed E-state index contributed by atoms with van der Waals surface area (Å²) >= 11 is 0. The summed E-state index contributed by atoms with van der Waals surface area (Å²) < 4.78 is 10.2. The SMILES string of the molecule is COC(=O)C1c2[nH]c3ccc(OC)cc3c2CCN1C. The summed E-state index contributed by atoms with van der Waals surface area (Å²) in [6.07, 6.45) is 0.909. The number of likely N-dealkylation sites (N-methyl/N-ethyl adjacent to an activating group) is 1. The Morgan fingerprint density at radius 1 is 1.40 bits per heavy atom. The summed E-state index contributed by atoms with van der Waals surface area (Å²) in [5.41, 5.74) is 3.15. The van der Waals surface area contributed by atoms with Gasteiger partial charge in [0.2, 0.25) is 0 Å². The molecule has 0 saturated heterocycles. The van der Waals surface area contributed by atoms with Gasteiger partial charge in [-0.2, -0.15) is 0 Å². The van der Waals surface area contributed by atoms with Gasteiger partial charge in [0.25, 0.3) is 0 Å². The van der Waals surface area contributed by atoms with E-state index in [2.05, 4.69) is 4.98 Å². The first-order chi connectivity index (χ1) is 9.65. The van der Waals surface area contributed by atoms with Crippen LogP contribution in [0.25, 0.3) is 10.9 Å². The van der Waals surface area contributed by atoms with Crippen LogP contribution in [-0.2, 0) is 16.0 Å². The Morgan fingerprint density at radius 3 is 2.90 bits per heavy atom. The van der Waals surface area contributed by atoms with Gasteiger partial charge in [-0.25, -0.2) is 4.79 Å². The fourth-order valence-electron chi connectivity index (χ4n) is 2.92. The number of hydrogen-bond acceptors (Lipinski definition) is 4. The maximum atomic E-state index is 12.0. The molecule has 20 heavy (non-hydrogen) atoms. The first kappa shape index (κ1) is 13.0. The molecule has 1 unspecified atom stereocenters. The van der Waals surface area contributed by atoms with Crippen molar-refractivity contribution < 1.29 is 14.3 Å². The van der Waals surface area contributed by atoms with Crippen molar-refractivity contribution in [2.45, 2.75) is 12.5 Å². The standard InChI is InChI=1S/C15H18N2O3/c1-17-7-6-10-11-8-9(19-2)4-5-12(11)16-13(10)14(17)15(18)20-3/h4-5,8,14,16H,6-7H2,1-3H3. The topological polar surface area (TPSA) is 54.6 Å². The van der Waals surface area contributed by atoms with E-state index >= 15 is 0 Å². The third-order valence-corrected chi connectivity index (χ3v) is 4.00. The second-order valence-electron chi connectivity index (χ2n) is 5.09. The second-order valence-corrected chi connectivity index (χ2v) is 5.09. The molecule has 0 spiro atoms. The molecule has 0 fully saturated rings. The highest BCUT2D eigenvalue weighted by atomic mass is 16.5. The van der Waals surface area contributed by atoms with Crippen LogP contribution in [0.5, 0.6) is 5.75 Å². The van der Waals surface area contributed by atoms with E-state index in [4.69, 9.17) is 9.47 Å². The zero-order valence-electron chi connectivity index (χ0n) is 11.9. The lowest BCUT2D eigenvalue weighted by atomic mass is 9.98. The van der Waals surface area contributed by atoms with E-state index in [1.807, 2.05) is 30.1 Å². The normalized spacial score (nSPS) is 18.9. The monoisotopic (exact) mass is 274 g/mol. The van der Waals surface area contributed by atoms with Crippen molar-refractivity contribution in [3.05, 3.63) is 29.5 Å². The fraction of sp³-hybridized carbons (Fsp3) is 0.400. The molecule has 1 N–H and O–H groups in total. The van der Waals surface area contributed by atoms with Gasteiger partial charge in [-0.1, -0.05) is 0 Å². The van der Waals surface area contributed by atoms with Crippen molar-refractivity contribution in [3.63, 3.8) is 0 Å². The van der Waals surface area contributed by atoms with Crippen molar-refractivity contribution in [3.8, 4) is 5.75 Å². The number of nitrogens with zero attached hydrogens (tertiary/aromatic N) is 1. The highest BCUT2D eigenvalue weighted by molar-refractivity contribution is 5.89. The minimum atomic E-state index is -0.359. The number of methoxy groups -OCH3 is 2. The molecule has 2 aromatic rings. The Labute approximate surface area is 117 Å². The van der Waals surface area contributed by atoms with Gasteiger partial charge in [0, 0.05) is 23.1 Å². The predicted molar refractivity (Wildman–Crippen MR) is 75.9 cm³/mol. The number of carbonyl (C=O) groups is 1. The van der Waals surface area contributed by atoms with Crippen LogP contribution < -0.4 is 4.74 Å². The number of carbonyl (C=O) groups excluding carboxylic acids is 1. The number of fused-ring (bicyclic) bond motifs is 3. The number of aromatic nitrogens is 1. The van der Waals surface area contributed by atoms with Crippen LogP contribution in [0.15, 0.2) is 18.2 Å². The van der Waals surface area contributed by atoms with Gasteiger partial charge in [0.1, 0.15) is 11.8 Å². The summed E-state index contributed by atoms with van der Waals surface area (Å²) in [5.74, 6) is 0.597. The molecule has 0 amide bonds. The van der Waals surface area contributed by atoms with Crippen molar-refractivity contribution in [2.75, 3.05) is 27.8 Å². The minimum absolute atomic E-state index is 0.230. The Morgan fingerprint density at radius 2 is 2.20 bits per heavy atom. The van der Waals surface area contributed by atoms with Crippen LogP contribution in [0.3, 0.4) is 0 Å². The van der Waals surface area contributed by atoms with Crippen LogP contribution in [0, 0.1) is 0 Å². The van der Waals surface area contributed by atoms with Gasteiger partial charge >= 0.3 is 5.97 Å². The average molecular weight is 274 g/mol. The Hall–Kier alpha value is -2.01. The zero-order chi connectivity index (χ0) is 14.3. The molecule has 106 valence electrons. The molecule has 0 aliphatic carbocycles. The first-order valence-corrected chi connectivity index (χ1v) is 6.62. The molecular formula is C15H18N2O3. The number of rotatable bonds is 2. The van der Waals surface area contributed by atoms with Gasteiger partial charge in [-0.05, 0) is 37.2 Å². The summed E-state index contributed by atoms with van der Waals surface area (Å²) in [4.78, 5) is 17.4. The van der Waals surface area contributed by atoms with E-state index in [0.717, 1.165) is 35.3 Å². The van der Waals surface area contributed by atoms with Crippen molar-refractivity contribution in [2.24, 2.45) is 0 Å². The smallest absolute Gasteiger partial charge is 0.329 e. The quantitative estimate of drug-likeness (QED) is 0.850. The van der Waals surface area contributed by atoms with Crippen LogP contribution in [0.2, 0.25) is 0 Å². The molecule has 1 atom stereocenters. The van der Waals surface area contributed by atoms with Crippen LogP contribution >= 0.6 is 0 Å². The van der Waals surface area contributed by atoms with Gasteiger partial charge in [-0.15, -0.1) is 0 Å². The molecule has 0 saturated carbocycles. The first-order valence-electron chi connectivity index (χ1n) is 6.62. The molecule has 1 aliphatic heterocycles. The Kier molecular flexibility index (Phi) is 3.14. The van der Waals surface area contributed by atoms with E-state index in [1.165, 1.54) is 12.7 Å². The summed E-state index contributed by atoms with van der Waals surface area (Å²) in [6.45, 7) is 0.830. The largest absolute Gasteiger partial charge is 0.497 e. The number of hydrogen-bond donors (Lipinski definition) is 1. The number of aromatic amines is 1. The number of esters is 1. The molecule has 1 aliphatic rings. The number of H-pyrrole nitrogens is 1. The Bertz CT molecular complexity index is 662. The molecule has 2 heterocycles. The van der Waals surface area contributed by atoms with Crippen LogP contribution in [-0.4, -0.2) is 43.7 Å². The molecule has 5 nitrogen and oxygen atoms in total. The summed E-state index contributed by atoms with van der Waals surface area (Å²) in [5, 5.41) is 1.13. The number of benzene rings is 1. The molecule has 3 rings (SSSR count). The predicted octanol–water partition coefficient (Wildman–Crippen LogP) is 1.88. The van der Waals surface area contributed by atoms with Crippen LogP contribution in [0.1, 0.15) is 17.3 Å². The maximum Gasteiger partial charge on any atom is 0.329 e. The van der Waals surface area contributed by atoms with Gasteiger partial charge in [0.15, 0.2) is 0 Å². The molecular weight excluding hydrogens is 256 g/mol. The number of nitrogens with one attached hydrogen (secondary N) is 1. The van der Waals surface area contributed by atoms with E-state index < -0.39 is 0 Å². The molecule has 0 radical (unpaired) electrons. The van der Waals surface area contributed by atoms with E-state index in [9.17, 15) is 4.79 Å². The second kappa shape index (κ2) is 4.83. The van der Waals surface area contributed by atoms with Gasteiger partial charge in [0.05, 0.1) is 14.2 Å². The van der Waals surface area contributed by atoms with Crippen molar-refractivity contribution in [1.29, 1.82) is 0 Å². The highest BCUT2D eigenvalue weighted by Crippen LogP contribution is 2.35.